The zero-order valence-electron chi connectivity index (χ0n) is 23.0. The predicted molar refractivity (Wildman–Crippen MR) is 153 cm³/mol. The van der Waals surface area contributed by atoms with Gasteiger partial charge in [-0.1, -0.05) is 25.5 Å². The second-order valence-corrected chi connectivity index (χ2v) is 10.1. The number of hydrogen-bond donors (Lipinski definition) is 2. The third-order valence-electron chi connectivity index (χ3n) is 6.84. The highest BCUT2D eigenvalue weighted by Crippen LogP contribution is 2.25. The van der Waals surface area contributed by atoms with Gasteiger partial charge in [-0.05, 0) is 73.4 Å². The molecule has 3 amide bonds. The number of hydrogen-bond acceptors (Lipinski definition) is 4. The lowest BCUT2D eigenvalue weighted by atomic mass is 10.0. The van der Waals surface area contributed by atoms with E-state index in [1.807, 2.05) is 31.2 Å². The Kier molecular flexibility index (Phi) is 10.1. The van der Waals surface area contributed by atoms with Crippen molar-refractivity contribution in [2.45, 2.75) is 52.1 Å². The average Bonchev–Trinajstić information content (AvgIpc) is 2.93. The van der Waals surface area contributed by atoms with Crippen LogP contribution in [0.5, 0.6) is 11.5 Å². The molecule has 1 fully saturated rings. The third-order valence-corrected chi connectivity index (χ3v) is 6.84. The van der Waals surface area contributed by atoms with E-state index in [4.69, 9.17) is 4.74 Å². The van der Waals surface area contributed by atoms with Crippen LogP contribution in [0.1, 0.15) is 45.1 Å². The average molecular weight is 551 g/mol. The van der Waals surface area contributed by atoms with Gasteiger partial charge in [0.1, 0.15) is 23.1 Å². The van der Waals surface area contributed by atoms with Crippen molar-refractivity contribution in [3.8, 4) is 11.5 Å². The molecule has 1 saturated heterocycles. The number of anilines is 2. The first-order valence-corrected chi connectivity index (χ1v) is 13.7. The van der Waals surface area contributed by atoms with Crippen molar-refractivity contribution < 1.29 is 23.1 Å². The number of carbonyl (C=O) groups is 2. The molecular weight excluding hydrogens is 514 g/mol. The fourth-order valence-corrected chi connectivity index (χ4v) is 4.70. The topological polar surface area (TPSA) is 73.9 Å². The molecule has 2 N–H and O–H groups in total. The van der Waals surface area contributed by atoms with E-state index in [1.54, 1.807) is 24.3 Å². The molecule has 0 spiro atoms. The van der Waals surface area contributed by atoms with Crippen molar-refractivity contribution in [2.24, 2.45) is 0 Å². The van der Waals surface area contributed by atoms with Gasteiger partial charge in [0, 0.05) is 50.9 Å². The summed E-state index contributed by atoms with van der Waals surface area (Å²) in [6.07, 6.45) is 3.15. The van der Waals surface area contributed by atoms with Crippen LogP contribution in [-0.4, -0.2) is 42.5 Å². The Labute approximate surface area is 234 Å². The Balaban J connectivity index is 1.25. The highest BCUT2D eigenvalue weighted by molar-refractivity contribution is 5.92. The smallest absolute Gasteiger partial charge is 0.322 e. The number of piperidine rings is 1. The van der Waals surface area contributed by atoms with Gasteiger partial charge < -0.3 is 15.4 Å². The van der Waals surface area contributed by atoms with Crippen LogP contribution in [0.3, 0.4) is 0 Å². The molecule has 0 atom stereocenters. The maximum atomic E-state index is 14.4. The summed E-state index contributed by atoms with van der Waals surface area (Å²) in [6.45, 7) is 6.27. The number of nitrogens with one attached hydrogen (secondary N) is 2. The lowest BCUT2D eigenvalue weighted by molar-refractivity contribution is -0.114. The van der Waals surface area contributed by atoms with Crippen LogP contribution in [0.4, 0.5) is 25.0 Å². The Bertz CT molecular complexity index is 1280. The third kappa shape index (κ3) is 8.26. The summed E-state index contributed by atoms with van der Waals surface area (Å²) in [5.74, 6) is -0.117. The second kappa shape index (κ2) is 13.9. The minimum atomic E-state index is -0.739. The van der Waals surface area contributed by atoms with Crippen LogP contribution in [0, 0.1) is 11.6 Å². The summed E-state index contributed by atoms with van der Waals surface area (Å²) in [7, 11) is 0. The Morgan fingerprint density at radius 3 is 2.23 bits per heavy atom. The van der Waals surface area contributed by atoms with Crippen LogP contribution in [0.2, 0.25) is 0 Å². The van der Waals surface area contributed by atoms with Crippen LogP contribution >= 0.6 is 0 Å². The number of carbonyl (C=O) groups excluding carboxylic acids is 2. The molecule has 9 heteroatoms. The summed E-state index contributed by atoms with van der Waals surface area (Å²) in [5, 5.41) is 5.79. The van der Waals surface area contributed by atoms with Gasteiger partial charge in [-0.3, -0.25) is 14.6 Å². The number of ether oxygens (including phenoxy) is 1. The van der Waals surface area contributed by atoms with E-state index in [9.17, 15) is 18.4 Å². The highest BCUT2D eigenvalue weighted by Gasteiger charge is 2.25. The summed E-state index contributed by atoms with van der Waals surface area (Å²) in [4.78, 5) is 27.9. The largest absolute Gasteiger partial charge is 0.457 e. The molecule has 3 aromatic carbocycles. The van der Waals surface area contributed by atoms with E-state index >= 15 is 0 Å². The SMILES string of the molecule is CCCCN(C(=O)NC1CCN(Cc2ccc(Oc3ccc(NC(C)=O)cc3)cc2)CC1)c1ccc(F)cc1F. The summed E-state index contributed by atoms with van der Waals surface area (Å²) >= 11 is 0. The van der Waals surface area contributed by atoms with Crippen molar-refractivity contribution in [1.82, 2.24) is 10.2 Å². The molecule has 1 aliphatic heterocycles. The molecule has 1 heterocycles. The lowest BCUT2D eigenvalue weighted by Gasteiger charge is -2.34. The number of urea groups is 1. The van der Waals surface area contributed by atoms with Crippen molar-refractivity contribution in [1.29, 1.82) is 0 Å². The van der Waals surface area contributed by atoms with Gasteiger partial charge in [-0.15, -0.1) is 0 Å². The molecule has 3 aromatic rings. The maximum absolute atomic E-state index is 14.4. The maximum Gasteiger partial charge on any atom is 0.322 e. The zero-order chi connectivity index (χ0) is 28.5. The van der Waals surface area contributed by atoms with E-state index < -0.39 is 11.6 Å². The van der Waals surface area contributed by atoms with E-state index in [0.717, 1.165) is 62.7 Å². The van der Waals surface area contributed by atoms with Crippen LogP contribution in [-0.2, 0) is 11.3 Å². The number of halogens is 2. The quantitative estimate of drug-likeness (QED) is 0.295. The van der Waals surface area contributed by atoms with Crippen LogP contribution in [0.15, 0.2) is 66.7 Å². The van der Waals surface area contributed by atoms with E-state index in [-0.39, 0.29) is 23.7 Å². The number of likely N-dealkylation sites (tertiary alicyclic amines) is 1. The van der Waals surface area contributed by atoms with E-state index in [0.29, 0.717) is 18.0 Å². The van der Waals surface area contributed by atoms with Crippen molar-refractivity contribution in [3.63, 3.8) is 0 Å². The van der Waals surface area contributed by atoms with Gasteiger partial charge in [0.05, 0.1) is 5.69 Å². The number of nitrogens with zero attached hydrogens (tertiary/aromatic N) is 2. The number of benzene rings is 3. The van der Waals surface area contributed by atoms with Crippen LogP contribution < -0.4 is 20.3 Å². The molecule has 0 saturated carbocycles. The minimum absolute atomic E-state index is 0.0100. The predicted octanol–water partition coefficient (Wildman–Crippen LogP) is 6.70. The monoisotopic (exact) mass is 550 g/mol. The molecule has 0 aliphatic carbocycles. The van der Waals surface area contributed by atoms with Crippen LogP contribution in [0.25, 0.3) is 0 Å². The fourth-order valence-electron chi connectivity index (χ4n) is 4.70. The Morgan fingerprint density at radius 2 is 1.62 bits per heavy atom. The first-order valence-electron chi connectivity index (χ1n) is 13.7. The highest BCUT2D eigenvalue weighted by atomic mass is 19.1. The summed E-state index contributed by atoms with van der Waals surface area (Å²) < 4.78 is 33.7. The number of unbranched alkanes of at least 4 members (excludes halogenated alkanes) is 1. The lowest BCUT2D eigenvalue weighted by Crippen LogP contribution is -2.49. The normalized spacial score (nSPS) is 14.0. The van der Waals surface area contributed by atoms with Gasteiger partial charge in [-0.2, -0.15) is 0 Å². The van der Waals surface area contributed by atoms with Gasteiger partial charge in [-0.25, -0.2) is 13.6 Å². The summed E-state index contributed by atoms with van der Waals surface area (Å²) in [6, 6.07) is 18.1. The van der Waals surface area contributed by atoms with Crippen molar-refractivity contribution >= 4 is 23.3 Å². The number of rotatable bonds is 10. The van der Waals surface area contributed by atoms with Gasteiger partial charge >= 0.3 is 6.03 Å². The van der Waals surface area contributed by atoms with Gasteiger partial charge in [0.15, 0.2) is 0 Å². The zero-order valence-corrected chi connectivity index (χ0v) is 23.0. The molecule has 0 unspecified atom stereocenters. The molecule has 7 nitrogen and oxygen atoms in total. The first-order chi connectivity index (χ1) is 19.3. The standard InChI is InChI=1S/C31H36F2N4O3/c1-3-4-17-37(30-14-7-24(32)20-29(30)33)31(39)35-26-15-18-36(19-16-26)21-23-5-10-27(11-6-23)40-28-12-8-25(9-13-28)34-22(2)38/h5-14,20,26H,3-4,15-19,21H2,1-2H3,(H,34,38)(H,35,39). The molecule has 40 heavy (non-hydrogen) atoms. The Hall–Kier alpha value is -3.98. The minimum Gasteiger partial charge on any atom is -0.457 e. The molecule has 4 rings (SSSR count). The van der Waals surface area contributed by atoms with E-state index in [2.05, 4.69) is 15.5 Å². The first kappa shape index (κ1) is 29.0. The van der Waals surface area contributed by atoms with Gasteiger partial charge in [0.2, 0.25) is 5.91 Å². The van der Waals surface area contributed by atoms with Crippen molar-refractivity contribution in [3.05, 3.63) is 83.9 Å². The molecular formula is C31H36F2N4O3. The van der Waals surface area contributed by atoms with E-state index in [1.165, 1.54) is 24.0 Å². The molecule has 212 valence electrons. The van der Waals surface area contributed by atoms with Gasteiger partial charge in [0.25, 0.3) is 0 Å². The fraction of sp³-hybridized carbons (Fsp3) is 0.355. The summed E-state index contributed by atoms with van der Waals surface area (Å²) in [5.41, 5.74) is 1.97. The van der Waals surface area contributed by atoms with Crippen molar-refractivity contribution in [2.75, 3.05) is 29.9 Å². The molecule has 0 bridgehead atoms. The Morgan fingerprint density at radius 1 is 0.975 bits per heavy atom. The number of amides is 3. The molecule has 1 aliphatic rings. The molecule has 0 aromatic heterocycles. The molecule has 0 radical (unpaired) electrons. The second-order valence-electron chi connectivity index (χ2n) is 10.1.